The van der Waals surface area contributed by atoms with Crippen molar-refractivity contribution in [3.8, 4) is 0 Å². The predicted octanol–water partition coefficient (Wildman–Crippen LogP) is 2.41. The van der Waals surface area contributed by atoms with Gasteiger partial charge in [0.25, 0.3) is 0 Å². The van der Waals surface area contributed by atoms with E-state index in [4.69, 9.17) is 0 Å². The van der Waals surface area contributed by atoms with E-state index in [1.165, 1.54) is 27.2 Å². The predicted molar refractivity (Wildman–Crippen MR) is 83.0 cm³/mol. The number of hydrogen-bond acceptors (Lipinski definition) is 3. The first-order valence-electron chi connectivity index (χ1n) is 7.45. The Morgan fingerprint density at radius 1 is 1.19 bits per heavy atom. The number of likely N-dealkylation sites (N-methyl/N-ethyl adjacent to an activating group) is 1. The second-order valence-corrected chi connectivity index (χ2v) is 6.08. The molecular weight excluding hydrogens is 264 g/mol. The highest BCUT2D eigenvalue weighted by Gasteiger charge is 2.32. The minimum absolute atomic E-state index is 0.0844. The van der Waals surface area contributed by atoms with E-state index in [0.29, 0.717) is 12.8 Å². The number of aryl methyl sites for hydroxylation is 3. The molecular formula is C17H24N2O2. The molecule has 1 N–H and O–H groups in total. The van der Waals surface area contributed by atoms with Crippen LogP contribution in [-0.2, 0) is 9.59 Å². The van der Waals surface area contributed by atoms with Crippen LogP contribution in [0.5, 0.6) is 0 Å². The van der Waals surface area contributed by atoms with Crippen molar-refractivity contribution in [3.63, 3.8) is 0 Å². The normalized spacial score (nSPS) is 20.8. The number of likely N-dealkylation sites (tertiary alicyclic amines) is 1. The van der Waals surface area contributed by atoms with Gasteiger partial charge in [0.15, 0.2) is 0 Å². The van der Waals surface area contributed by atoms with Crippen LogP contribution in [0.3, 0.4) is 0 Å². The Morgan fingerprint density at radius 3 is 2.33 bits per heavy atom. The smallest absolute Gasteiger partial charge is 0.246 e. The maximum Gasteiger partial charge on any atom is 0.246 e. The van der Waals surface area contributed by atoms with E-state index in [9.17, 15) is 9.59 Å². The van der Waals surface area contributed by atoms with Crippen LogP contribution >= 0.6 is 0 Å². The summed E-state index contributed by atoms with van der Waals surface area (Å²) < 4.78 is 0. The van der Waals surface area contributed by atoms with E-state index < -0.39 is 0 Å². The molecule has 21 heavy (non-hydrogen) atoms. The zero-order chi connectivity index (χ0) is 15.7. The lowest BCUT2D eigenvalue weighted by molar-refractivity contribution is -0.148. The molecule has 1 heterocycles. The molecule has 0 spiro atoms. The highest BCUT2D eigenvalue weighted by atomic mass is 16.2. The first-order chi connectivity index (χ1) is 9.81. The molecule has 114 valence electrons. The molecule has 1 fully saturated rings. The molecule has 2 amide bonds. The summed E-state index contributed by atoms with van der Waals surface area (Å²) in [5.74, 6) is -0.214. The molecule has 1 aliphatic rings. The first kappa shape index (κ1) is 15.7. The van der Waals surface area contributed by atoms with E-state index in [0.717, 1.165) is 0 Å². The molecule has 0 bridgehead atoms. The minimum atomic E-state index is -0.275. The van der Waals surface area contributed by atoms with Gasteiger partial charge in [0.2, 0.25) is 11.8 Å². The van der Waals surface area contributed by atoms with Crippen molar-refractivity contribution in [2.75, 3.05) is 7.05 Å². The van der Waals surface area contributed by atoms with Gasteiger partial charge in [0.05, 0.1) is 6.04 Å². The van der Waals surface area contributed by atoms with Gasteiger partial charge in [-0.15, -0.1) is 0 Å². The lowest BCUT2D eigenvalue weighted by atomic mass is 9.93. The number of imide groups is 1. The lowest BCUT2D eigenvalue weighted by Crippen LogP contribution is -2.52. The number of carbonyl (C=O) groups excluding carboxylic acids is 2. The van der Waals surface area contributed by atoms with Gasteiger partial charge in [0, 0.05) is 19.5 Å². The van der Waals surface area contributed by atoms with Gasteiger partial charge in [-0.25, -0.2) is 0 Å². The fraction of sp³-hybridized carbons (Fsp3) is 0.529. The molecule has 0 aromatic heterocycles. The fourth-order valence-corrected chi connectivity index (χ4v) is 3.33. The Hall–Kier alpha value is -1.68. The van der Waals surface area contributed by atoms with E-state index in [1.807, 2.05) is 0 Å². The van der Waals surface area contributed by atoms with E-state index in [2.05, 4.69) is 45.1 Å². The number of benzene rings is 1. The third-order valence-electron chi connectivity index (χ3n) is 4.27. The molecule has 1 saturated heterocycles. The third kappa shape index (κ3) is 3.16. The Balaban J connectivity index is 2.17. The average Bonchev–Trinajstić information content (AvgIpc) is 2.38. The zero-order valence-electron chi connectivity index (χ0n) is 13.5. The van der Waals surface area contributed by atoms with Crippen LogP contribution < -0.4 is 5.32 Å². The number of amides is 2. The van der Waals surface area contributed by atoms with Gasteiger partial charge >= 0.3 is 0 Å². The summed E-state index contributed by atoms with van der Waals surface area (Å²) in [6.45, 7) is 8.37. The second-order valence-electron chi connectivity index (χ2n) is 6.08. The molecule has 0 radical (unpaired) electrons. The van der Waals surface area contributed by atoms with Crippen molar-refractivity contribution < 1.29 is 9.59 Å². The van der Waals surface area contributed by atoms with Crippen LogP contribution in [0, 0.1) is 20.8 Å². The number of carbonyl (C=O) groups is 2. The van der Waals surface area contributed by atoms with Gasteiger partial charge in [0.1, 0.15) is 0 Å². The van der Waals surface area contributed by atoms with Gasteiger partial charge in [-0.2, -0.15) is 0 Å². The van der Waals surface area contributed by atoms with Crippen LogP contribution in [0.1, 0.15) is 48.1 Å². The maximum absolute atomic E-state index is 12.2. The molecule has 4 heteroatoms. The van der Waals surface area contributed by atoms with Crippen molar-refractivity contribution >= 4 is 11.8 Å². The van der Waals surface area contributed by atoms with Crippen molar-refractivity contribution in [2.24, 2.45) is 0 Å². The SMILES string of the molecule is Cc1cc(C)c(C(C)NC2CCC(=O)N(C)C2=O)c(C)c1. The van der Waals surface area contributed by atoms with Crippen molar-refractivity contribution in [2.45, 2.75) is 52.6 Å². The van der Waals surface area contributed by atoms with Gasteiger partial charge in [-0.05, 0) is 50.8 Å². The van der Waals surface area contributed by atoms with Crippen LogP contribution in [0.25, 0.3) is 0 Å². The summed E-state index contributed by atoms with van der Waals surface area (Å²) in [6.07, 6.45) is 1.01. The van der Waals surface area contributed by atoms with Crippen LogP contribution in [0.4, 0.5) is 0 Å². The number of rotatable bonds is 3. The second kappa shape index (κ2) is 5.98. The van der Waals surface area contributed by atoms with E-state index >= 15 is 0 Å². The Morgan fingerprint density at radius 2 is 1.76 bits per heavy atom. The van der Waals surface area contributed by atoms with Crippen molar-refractivity contribution in [3.05, 3.63) is 34.4 Å². The summed E-state index contributed by atoms with van der Waals surface area (Å²) in [5, 5.41) is 3.39. The zero-order valence-corrected chi connectivity index (χ0v) is 13.5. The summed E-state index contributed by atoms with van der Waals surface area (Å²) in [6, 6.07) is 4.14. The van der Waals surface area contributed by atoms with Crippen LogP contribution in [-0.4, -0.2) is 29.8 Å². The third-order valence-corrected chi connectivity index (χ3v) is 4.27. The summed E-state index contributed by atoms with van der Waals surface area (Å²) in [4.78, 5) is 24.9. The van der Waals surface area contributed by atoms with E-state index in [-0.39, 0.29) is 23.9 Å². The fourth-order valence-electron chi connectivity index (χ4n) is 3.33. The highest BCUT2D eigenvalue weighted by Crippen LogP contribution is 2.25. The van der Waals surface area contributed by atoms with Gasteiger partial charge in [-0.1, -0.05) is 17.7 Å². The first-order valence-corrected chi connectivity index (χ1v) is 7.45. The highest BCUT2D eigenvalue weighted by molar-refractivity contribution is 6.00. The van der Waals surface area contributed by atoms with Crippen molar-refractivity contribution in [1.82, 2.24) is 10.2 Å². The number of piperidine rings is 1. The van der Waals surface area contributed by atoms with Crippen LogP contribution in [0.2, 0.25) is 0 Å². The lowest BCUT2D eigenvalue weighted by Gasteiger charge is -2.31. The summed E-state index contributed by atoms with van der Waals surface area (Å²) >= 11 is 0. The van der Waals surface area contributed by atoms with Crippen molar-refractivity contribution in [1.29, 1.82) is 0 Å². The molecule has 4 nitrogen and oxygen atoms in total. The molecule has 0 aliphatic carbocycles. The number of nitrogens with one attached hydrogen (secondary N) is 1. The monoisotopic (exact) mass is 288 g/mol. The summed E-state index contributed by atoms with van der Waals surface area (Å²) in [7, 11) is 1.56. The standard InChI is InChI=1S/C17H24N2O2/c1-10-8-11(2)16(12(3)9-10)13(4)18-14-6-7-15(20)19(5)17(14)21/h8-9,13-14,18H,6-7H2,1-5H3. The largest absolute Gasteiger partial charge is 0.299 e. The van der Waals surface area contributed by atoms with Crippen LogP contribution in [0.15, 0.2) is 12.1 Å². The van der Waals surface area contributed by atoms with E-state index in [1.54, 1.807) is 7.05 Å². The Kier molecular flexibility index (Phi) is 4.47. The van der Waals surface area contributed by atoms with Gasteiger partial charge < -0.3 is 0 Å². The summed E-state index contributed by atoms with van der Waals surface area (Å²) in [5.41, 5.74) is 4.97. The molecule has 1 aliphatic heterocycles. The molecule has 2 rings (SSSR count). The number of hydrogen-bond donors (Lipinski definition) is 1. The van der Waals surface area contributed by atoms with Gasteiger partial charge in [-0.3, -0.25) is 19.8 Å². The molecule has 0 saturated carbocycles. The Labute approximate surface area is 126 Å². The topological polar surface area (TPSA) is 49.4 Å². The molecule has 1 aromatic rings. The average molecular weight is 288 g/mol. The Bertz CT molecular complexity index is 557. The quantitative estimate of drug-likeness (QED) is 0.869. The minimum Gasteiger partial charge on any atom is -0.299 e. The molecule has 2 atom stereocenters. The molecule has 1 aromatic carbocycles. The number of nitrogens with zero attached hydrogens (tertiary/aromatic N) is 1. The maximum atomic E-state index is 12.2. The molecule has 2 unspecified atom stereocenters.